The molecule has 0 radical (unpaired) electrons. The zero-order valence-electron chi connectivity index (χ0n) is 16.5. The Hall–Kier alpha value is -2.73. The molecular formula is C21H25ClN2O4. The van der Waals surface area contributed by atoms with E-state index in [9.17, 15) is 4.79 Å². The zero-order chi connectivity index (χ0) is 20.5. The van der Waals surface area contributed by atoms with Gasteiger partial charge in [-0.15, -0.1) is 0 Å². The minimum atomic E-state index is -0.231. The molecule has 2 aromatic rings. The minimum absolute atomic E-state index is 0.231. The van der Waals surface area contributed by atoms with Gasteiger partial charge in [0.25, 0.3) is 0 Å². The van der Waals surface area contributed by atoms with Crippen LogP contribution >= 0.6 is 11.6 Å². The maximum absolute atomic E-state index is 12.1. The van der Waals surface area contributed by atoms with Gasteiger partial charge < -0.3 is 19.5 Å². The Morgan fingerprint density at radius 3 is 2.71 bits per heavy atom. The molecule has 7 heteroatoms. The van der Waals surface area contributed by atoms with Crippen LogP contribution in [-0.4, -0.2) is 31.7 Å². The summed E-state index contributed by atoms with van der Waals surface area (Å²) in [5.41, 5.74) is 1.63. The van der Waals surface area contributed by atoms with Crippen LogP contribution in [0.4, 0.5) is 0 Å². The molecule has 28 heavy (non-hydrogen) atoms. The molecule has 150 valence electrons. The Morgan fingerprint density at radius 1 is 1.25 bits per heavy atom. The Bertz CT molecular complexity index is 837. The summed E-state index contributed by atoms with van der Waals surface area (Å²) in [5, 5.41) is 3.24. The molecule has 0 aliphatic heterocycles. The number of ether oxygens (including phenoxy) is 3. The van der Waals surface area contributed by atoms with E-state index in [0.29, 0.717) is 41.5 Å². The maximum Gasteiger partial charge on any atom is 0.244 e. The van der Waals surface area contributed by atoms with Crippen LogP contribution in [0.1, 0.15) is 25.0 Å². The third-order valence-electron chi connectivity index (χ3n) is 3.72. The first kappa shape index (κ1) is 21.6. The number of hydrogen-bond donors (Lipinski definition) is 1. The molecule has 6 nitrogen and oxygen atoms in total. The summed E-state index contributed by atoms with van der Waals surface area (Å²) in [6.45, 7) is 5.01. The van der Waals surface area contributed by atoms with E-state index in [-0.39, 0.29) is 5.91 Å². The van der Waals surface area contributed by atoms with Gasteiger partial charge in [-0.25, -0.2) is 4.98 Å². The largest absolute Gasteiger partial charge is 0.493 e. The molecule has 1 aromatic heterocycles. The van der Waals surface area contributed by atoms with Crippen molar-refractivity contribution in [2.75, 3.05) is 20.8 Å². The first-order valence-corrected chi connectivity index (χ1v) is 9.26. The Kier molecular flexibility index (Phi) is 8.14. The van der Waals surface area contributed by atoms with E-state index in [4.69, 9.17) is 25.8 Å². The van der Waals surface area contributed by atoms with Gasteiger partial charge in [0.2, 0.25) is 11.8 Å². The molecule has 0 saturated heterocycles. The fraction of sp³-hybridized carbons (Fsp3) is 0.333. The first-order chi connectivity index (χ1) is 13.4. The van der Waals surface area contributed by atoms with Crippen LogP contribution in [0.3, 0.4) is 0 Å². The molecule has 0 saturated carbocycles. The third kappa shape index (κ3) is 6.46. The lowest BCUT2D eigenvalue weighted by atomic mass is 10.1. The molecule has 0 spiro atoms. The number of benzene rings is 1. The molecule has 1 amide bonds. The molecule has 0 aliphatic rings. The Morgan fingerprint density at radius 2 is 2.04 bits per heavy atom. The summed E-state index contributed by atoms with van der Waals surface area (Å²) in [7, 11) is 3.10. The number of carbonyl (C=O) groups is 1. The van der Waals surface area contributed by atoms with Crippen molar-refractivity contribution in [2.24, 2.45) is 5.92 Å². The third-order valence-corrected chi connectivity index (χ3v) is 4.00. The fourth-order valence-electron chi connectivity index (χ4n) is 2.32. The van der Waals surface area contributed by atoms with E-state index in [1.165, 1.54) is 6.08 Å². The quantitative estimate of drug-likeness (QED) is 0.637. The molecule has 1 N–H and O–H groups in total. The van der Waals surface area contributed by atoms with Crippen molar-refractivity contribution in [2.45, 2.75) is 20.4 Å². The van der Waals surface area contributed by atoms with Crippen molar-refractivity contribution < 1.29 is 19.0 Å². The van der Waals surface area contributed by atoms with E-state index < -0.39 is 0 Å². The number of nitrogens with one attached hydrogen (secondary N) is 1. The molecular weight excluding hydrogens is 380 g/mol. The van der Waals surface area contributed by atoms with Crippen molar-refractivity contribution in [1.29, 1.82) is 0 Å². The van der Waals surface area contributed by atoms with Crippen molar-refractivity contribution in [3.05, 3.63) is 52.7 Å². The SMILES string of the molecule is COc1cc(CNC(=O)C=Cc2cc(Cl)c(OCC(C)C)c(OC)c2)ccn1. The monoisotopic (exact) mass is 404 g/mol. The Balaban J connectivity index is 2.02. The van der Waals surface area contributed by atoms with Crippen molar-refractivity contribution >= 4 is 23.6 Å². The lowest BCUT2D eigenvalue weighted by molar-refractivity contribution is -0.116. The second kappa shape index (κ2) is 10.6. The van der Waals surface area contributed by atoms with Crippen LogP contribution in [0.15, 0.2) is 36.5 Å². The number of amides is 1. The van der Waals surface area contributed by atoms with E-state index >= 15 is 0 Å². The fourth-order valence-corrected chi connectivity index (χ4v) is 2.59. The summed E-state index contributed by atoms with van der Waals surface area (Å²) in [5.74, 6) is 1.67. The van der Waals surface area contributed by atoms with Crippen molar-refractivity contribution in [3.8, 4) is 17.4 Å². The number of nitrogens with zero attached hydrogens (tertiary/aromatic N) is 1. The lowest BCUT2D eigenvalue weighted by Crippen LogP contribution is -2.20. The summed E-state index contributed by atoms with van der Waals surface area (Å²) in [6.07, 6.45) is 4.74. The summed E-state index contributed by atoms with van der Waals surface area (Å²) < 4.78 is 16.2. The lowest BCUT2D eigenvalue weighted by Gasteiger charge is -2.14. The highest BCUT2D eigenvalue weighted by Crippen LogP contribution is 2.37. The van der Waals surface area contributed by atoms with Gasteiger partial charge in [-0.1, -0.05) is 25.4 Å². The van der Waals surface area contributed by atoms with Crippen molar-refractivity contribution in [3.63, 3.8) is 0 Å². The molecule has 1 heterocycles. The number of aromatic nitrogens is 1. The molecule has 1 aromatic carbocycles. The number of hydrogen-bond acceptors (Lipinski definition) is 5. The van der Waals surface area contributed by atoms with Gasteiger partial charge in [-0.05, 0) is 41.3 Å². The second-order valence-corrected chi connectivity index (χ2v) is 6.90. The molecule has 0 aliphatic carbocycles. The predicted molar refractivity (Wildman–Crippen MR) is 110 cm³/mol. The highest BCUT2D eigenvalue weighted by molar-refractivity contribution is 6.32. The van der Waals surface area contributed by atoms with Crippen LogP contribution in [0.25, 0.3) is 6.08 Å². The standard InChI is InChI=1S/C21H25ClN2O4/c1-14(2)13-28-21-17(22)9-15(10-18(21)26-3)5-6-19(25)24-12-16-7-8-23-20(11-16)27-4/h5-11,14H,12-13H2,1-4H3,(H,24,25). The van der Waals surface area contributed by atoms with E-state index in [1.807, 2.05) is 6.07 Å². The van der Waals surface area contributed by atoms with Crippen LogP contribution in [0.5, 0.6) is 17.4 Å². The number of rotatable bonds is 9. The van der Waals surface area contributed by atoms with Crippen LogP contribution < -0.4 is 19.5 Å². The van der Waals surface area contributed by atoms with Gasteiger partial charge in [0.15, 0.2) is 11.5 Å². The van der Waals surface area contributed by atoms with Crippen LogP contribution in [0, 0.1) is 5.92 Å². The summed E-state index contributed by atoms with van der Waals surface area (Å²) in [6, 6.07) is 7.09. The first-order valence-electron chi connectivity index (χ1n) is 8.88. The number of methoxy groups -OCH3 is 2. The average molecular weight is 405 g/mol. The van der Waals surface area contributed by atoms with Gasteiger partial charge in [-0.2, -0.15) is 0 Å². The van der Waals surface area contributed by atoms with Crippen LogP contribution in [-0.2, 0) is 11.3 Å². The Labute approximate surface area is 170 Å². The van der Waals surface area contributed by atoms with Gasteiger partial charge in [0, 0.05) is 24.9 Å². The molecule has 0 fully saturated rings. The molecule has 0 unspecified atom stereocenters. The van der Waals surface area contributed by atoms with E-state index in [0.717, 1.165) is 11.1 Å². The number of halogens is 1. The normalized spacial score (nSPS) is 10.9. The van der Waals surface area contributed by atoms with Crippen LogP contribution in [0.2, 0.25) is 5.02 Å². The molecule has 0 bridgehead atoms. The van der Waals surface area contributed by atoms with Gasteiger partial charge in [-0.3, -0.25) is 4.79 Å². The number of pyridine rings is 1. The average Bonchev–Trinajstić information content (AvgIpc) is 2.69. The summed E-state index contributed by atoms with van der Waals surface area (Å²) in [4.78, 5) is 16.1. The van der Waals surface area contributed by atoms with E-state index in [1.54, 1.807) is 44.7 Å². The molecule has 2 rings (SSSR count). The van der Waals surface area contributed by atoms with Gasteiger partial charge in [0.1, 0.15) is 0 Å². The molecule has 0 atom stereocenters. The smallest absolute Gasteiger partial charge is 0.244 e. The summed E-state index contributed by atoms with van der Waals surface area (Å²) >= 11 is 6.32. The van der Waals surface area contributed by atoms with E-state index in [2.05, 4.69) is 24.1 Å². The van der Waals surface area contributed by atoms with Crippen molar-refractivity contribution in [1.82, 2.24) is 10.3 Å². The second-order valence-electron chi connectivity index (χ2n) is 6.50. The topological polar surface area (TPSA) is 69.7 Å². The van der Waals surface area contributed by atoms with Gasteiger partial charge >= 0.3 is 0 Å². The highest BCUT2D eigenvalue weighted by atomic mass is 35.5. The highest BCUT2D eigenvalue weighted by Gasteiger charge is 2.12. The van der Waals surface area contributed by atoms with Gasteiger partial charge in [0.05, 0.1) is 25.8 Å². The minimum Gasteiger partial charge on any atom is -0.493 e. The zero-order valence-corrected chi connectivity index (χ0v) is 17.2. The predicted octanol–water partition coefficient (Wildman–Crippen LogP) is 4.12. The maximum atomic E-state index is 12.1. The number of carbonyl (C=O) groups excluding carboxylic acids is 1.